The van der Waals surface area contributed by atoms with Crippen molar-refractivity contribution in [1.29, 1.82) is 0 Å². The summed E-state index contributed by atoms with van der Waals surface area (Å²) in [5.74, 6) is 0.458. The minimum atomic E-state index is -1.01. The Morgan fingerprint density at radius 1 is 1.30 bits per heavy atom. The number of fused-ring (bicyclic) bond motifs is 2. The average Bonchev–Trinajstić information content (AvgIpc) is 3.16. The molecule has 172 valence electrons. The first kappa shape index (κ1) is 20.2. The number of rotatable bonds is 6. The van der Waals surface area contributed by atoms with Crippen molar-refractivity contribution < 1.29 is 13.9 Å². The highest BCUT2D eigenvalue weighted by Crippen LogP contribution is 2.45. The molecule has 2 aliphatic carbocycles. The van der Waals surface area contributed by atoms with Gasteiger partial charge in [-0.05, 0) is 30.9 Å². The van der Waals surface area contributed by atoms with Crippen molar-refractivity contribution in [2.24, 2.45) is 5.92 Å². The van der Waals surface area contributed by atoms with E-state index in [9.17, 15) is 14.0 Å². The van der Waals surface area contributed by atoms with Gasteiger partial charge in [-0.1, -0.05) is 0 Å². The van der Waals surface area contributed by atoms with Gasteiger partial charge in [-0.2, -0.15) is 0 Å². The minimum absolute atomic E-state index is 0.0424. The van der Waals surface area contributed by atoms with Crippen molar-refractivity contribution in [3.8, 4) is 0 Å². The number of amides is 1. The first-order valence-electron chi connectivity index (χ1n) is 11.1. The number of nitrogens with one attached hydrogen (secondary N) is 3. The van der Waals surface area contributed by atoms with Crippen LogP contribution in [0.25, 0.3) is 5.65 Å². The third kappa shape index (κ3) is 3.34. The number of hydrogen-bond acceptors (Lipinski definition) is 7. The fourth-order valence-corrected chi connectivity index (χ4v) is 4.78. The molecule has 1 saturated heterocycles. The number of carbonyl (C=O) groups is 1. The van der Waals surface area contributed by atoms with Gasteiger partial charge in [0.2, 0.25) is 0 Å². The Kier molecular flexibility index (Phi) is 4.61. The molecular formula is C22H24FN7O3. The van der Waals surface area contributed by atoms with E-state index in [-0.39, 0.29) is 23.4 Å². The number of hydrogen-bond donors (Lipinski definition) is 3. The number of anilines is 3. The van der Waals surface area contributed by atoms with Gasteiger partial charge in [0, 0.05) is 32.3 Å². The van der Waals surface area contributed by atoms with Crippen LogP contribution in [0.3, 0.4) is 0 Å². The number of alkyl halides is 1. The van der Waals surface area contributed by atoms with E-state index >= 15 is 0 Å². The monoisotopic (exact) mass is 453 g/mol. The van der Waals surface area contributed by atoms with Gasteiger partial charge in [-0.25, -0.2) is 13.9 Å². The number of ether oxygens (including phenoxy) is 1. The van der Waals surface area contributed by atoms with Crippen LogP contribution in [0.15, 0.2) is 35.4 Å². The number of halogens is 1. The maximum Gasteiger partial charge on any atom is 0.274 e. The van der Waals surface area contributed by atoms with Crippen LogP contribution in [-0.2, 0) is 4.74 Å². The fourth-order valence-electron chi connectivity index (χ4n) is 4.78. The Balaban J connectivity index is 1.32. The van der Waals surface area contributed by atoms with Gasteiger partial charge in [-0.15, -0.1) is 5.10 Å². The zero-order valence-electron chi connectivity index (χ0n) is 18.0. The molecule has 1 aliphatic heterocycles. The first-order valence-corrected chi connectivity index (χ1v) is 11.1. The summed E-state index contributed by atoms with van der Waals surface area (Å²) >= 11 is 0. The maximum atomic E-state index is 13.2. The topological polar surface area (TPSA) is 115 Å². The van der Waals surface area contributed by atoms with E-state index in [1.165, 1.54) is 10.7 Å². The molecule has 0 unspecified atom stereocenters. The largest absolute Gasteiger partial charge is 0.385 e. The van der Waals surface area contributed by atoms with Gasteiger partial charge in [-0.3, -0.25) is 9.59 Å². The lowest BCUT2D eigenvalue weighted by molar-refractivity contribution is -0.0195. The van der Waals surface area contributed by atoms with Crippen LogP contribution >= 0.6 is 0 Å². The van der Waals surface area contributed by atoms with Crippen molar-refractivity contribution >= 4 is 28.7 Å². The molecule has 4 heterocycles. The van der Waals surface area contributed by atoms with Crippen LogP contribution in [0.4, 0.5) is 21.6 Å². The lowest BCUT2D eigenvalue weighted by Crippen LogP contribution is -2.44. The van der Waals surface area contributed by atoms with Crippen LogP contribution in [-0.4, -0.2) is 57.0 Å². The Labute approximate surface area is 188 Å². The molecule has 3 N–H and O–H groups in total. The standard InChI is InChI=1S/C22H24FN7O3/c1-24-15-9-18(28-30-17(10-25-20(15)30)21(31)27-14-8-12(14)23)26-13-3-2-5-29(22(13)32)16-7-11-4-6-33-19(11)16/h2-3,5,9-12,14,16,19,24H,4,6-8H2,1H3,(H,26,28)(H,27,31)/t11-,12+,14-,16+,19-/m1/s1. The summed E-state index contributed by atoms with van der Waals surface area (Å²) in [6, 6.07) is 4.82. The lowest BCUT2D eigenvalue weighted by atomic mass is 9.76. The van der Waals surface area contributed by atoms with Crippen LogP contribution in [0.2, 0.25) is 0 Å². The highest BCUT2D eigenvalue weighted by atomic mass is 19.1. The summed E-state index contributed by atoms with van der Waals surface area (Å²) in [6.07, 6.45) is 4.60. The van der Waals surface area contributed by atoms with Crippen LogP contribution in [0.5, 0.6) is 0 Å². The third-order valence-corrected chi connectivity index (χ3v) is 6.78. The molecule has 5 atom stereocenters. The molecule has 6 rings (SSSR count). The Morgan fingerprint density at radius 2 is 2.15 bits per heavy atom. The third-order valence-electron chi connectivity index (χ3n) is 6.78. The summed E-state index contributed by atoms with van der Waals surface area (Å²) in [6.45, 7) is 0.753. The molecular weight excluding hydrogens is 429 g/mol. The second kappa shape index (κ2) is 7.55. The smallest absolute Gasteiger partial charge is 0.274 e. The molecule has 3 fully saturated rings. The molecule has 3 aromatic rings. The Hall–Kier alpha value is -3.47. The van der Waals surface area contributed by atoms with Crippen molar-refractivity contribution in [3.63, 3.8) is 0 Å². The van der Waals surface area contributed by atoms with Gasteiger partial charge in [0.15, 0.2) is 17.2 Å². The Morgan fingerprint density at radius 3 is 2.91 bits per heavy atom. The molecule has 3 aliphatic rings. The lowest BCUT2D eigenvalue weighted by Gasteiger charge is -2.40. The SMILES string of the molecule is CNc1cc(Nc2cccn([C@H]3C[C@H]4CCO[C@H]43)c2=O)nn2c(C(=O)N[C@@H]3C[C@@H]3F)cnc12. The van der Waals surface area contributed by atoms with Crippen molar-refractivity contribution in [2.75, 3.05) is 24.3 Å². The van der Waals surface area contributed by atoms with Crippen molar-refractivity contribution in [1.82, 2.24) is 24.5 Å². The summed E-state index contributed by atoms with van der Waals surface area (Å²) in [5, 5.41) is 13.3. The average molecular weight is 453 g/mol. The second-order valence-electron chi connectivity index (χ2n) is 8.85. The van der Waals surface area contributed by atoms with Gasteiger partial charge < -0.3 is 25.3 Å². The van der Waals surface area contributed by atoms with E-state index in [1.807, 2.05) is 6.07 Å². The quantitative estimate of drug-likeness (QED) is 0.522. The maximum absolute atomic E-state index is 13.2. The number of pyridine rings is 1. The van der Waals surface area contributed by atoms with E-state index in [2.05, 4.69) is 26.0 Å². The molecule has 3 aromatic heterocycles. The van der Waals surface area contributed by atoms with Gasteiger partial charge in [0.1, 0.15) is 11.9 Å². The molecule has 1 amide bonds. The van der Waals surface area contributed by atoms with Crippen LogP contribution < -0.4 is 21.5 Å². The molecule has 0 spiro atoms. The normalized spacial score (nSPS) is 27.6. The van der Waals surface area contributed by atoms with E-state index in [1.54, 1.807) is 29.9 Å². The summed E-state index contributed by atoms with van der Waals surface area (Å²) < 4.78 is 22.2. The van der Waals surface area contributed by atoms with E-state index in [0.717, 1.165) is 19.4 Å². The first-order chi connectivity index (χ1) is 16.0. The van der Waals surface area contributed by atoms with Crippen LogP contribution in [0.1, 0.15) is 35.8 Å². The van der Waals surface area contributed by atoms with E-state index in [0.29, 0.717) is 35.2 Å². The number of nitrogens with zero attached hydrogens (tertiary/aromatic N) is 4. The number of aromatic nitrogens is 4. The Bertz CT molecular complexity index is 1300. The zero-order valence-corrected chi connectivity index (χ0v) is 18.0. The number of imidazole rings is 1. The molecule has 0 radical (unpaired) electrons. The van der Waals surface area contributed by atoms with Gasteiger partial charge in [0.25, 0.3) is 11.5 Å². The molecule has 33 heavy (non-hydrogen) atoms. The van der Waals surface area contributed by atoms with Crippen molar-refractivity contribution in [2.45, 2.75) is 43.6 Å². The van der Waals surface area contributed by atoms with E-state index in [4.69, 9.17) is 4.74 Å². The summed E-state index contributed by atoms with van der Waals surface area (Å²) in [5.41, 5.74) is 1.48. The van der Waals surface area contributed by atoms with Crippen LogP contribution in [0, 0.1) is 5.92 Å². The zero-order chi connectivity index (χ0) is 22.7. The molecule has 2 saturated carbocycles. The molecule has 0 aromatic carbocycles. The summed E-state index contributed by atoms with van der Waals surface area (Å²) in [7, 11) is 1.73. The van der Waals surface area contributed by atoms with Crippen molar-refractivity contribution in [3.05, 3.63) is 46.6 Å². The molecule has 0 bridgehead atoms. The highest BCUT2D eigenvalue weighted by molar-refractivity contribution is 5.94. The van der Waals surface area contributed by atoms with E-state index < -0.39 is 18.1 Å². The molecule has 10 nitrogen and oxygen atoms in total. The van der Waals surface area contributed by atoms with Gasteiger partial charge in [0.05, 0.1) is 30.1 Å². The predicted octanol–water partition coefficient (Wildman–Crippen LogP) is 1.87. The highest BCUT2D eigenvalue weighted by Gasteiger charge is 2.46. The second-order valence-corrected chi connectivity index (χ2v) is 8.85. The fraction of sp³-hybridized carbons (Fsp3) is 0.455. The predicted molar refractivity (Wildman–Crippen MR) is 119 cm³/mol. The van der Waals surface area contributed by atoms with Gasteiger partial charge >= 0.3 is 0 Å². The summed E-state index contributed by atoms with van der Waals surface area (Å²) in [4.78, 5) is 30.1. The minimum Gasteiger partial charge on any atom is -0.385 e. The number of carbonyl (C=O) groups excluding carboxylic acids is 1. The molecule has 11 heteroatoms.